The Morgan fingerprint density at radius 2 is 2.22 bits per heavy atom. The first-order valence-corrected chi connectivity index (χ1v) is 6.20. The minimum Gasteiger partial charge on any atom is -0.444 e. The molecule has 1 fully saturated rings. The highest BCUT2D eigenvalue weighted by Gasteiger charge is 2.28. The van der Waals surface area contributed by atoms with Crippen LogP contribution >= 0.6 is 0 Å². The van der Waals surface area contributed by atoms with Crippen LogP contribution in [0, 0.1) is 0 Å². The van der Waals surface area contributed by atoms with Gasteiger partial charge in [-0.2, -0.15) is 0 Å². The lowest BCUT2D eigenvalue weighted by atomic mass is 10.2. The van der Waals surface area contributed by atoms with Crippen molar-refractivity contribution in [2.45, 2.75) is 32.5 Å². The fourth-order valence-corrected chi connectivity index (χ4v) is 1.59. The van der Waals surface area contributed by atoms with E-state index in [4.69, 9.17) is 19.3 Å². The Morgan fingerprint density at radius 1 is 1.50 bits per heavy atom. The van der Waals surface area contributed by atoms with Crippen LogP contribution in [0.3, 0.4) is 0 Å². The van der Waals surface area contributed by atoms with Gasteiger partial charge >= 0.3 is 6.09 Å². The van der Waals surface area contributed by atoms with Crippen LogP contribution < -0.4 is 0 Å². The molecule has 1 heterocycles. The maximum atomic E-state index is 11.9. The topological polar surface area (TPSA) is 68.2 Å². The van der Waals surface area contributed by atoms with E-state index in [1.54, 1.807) is 4.90 Å². The summed E-state index contributed by atoms with van der Waals surface area (Å²) in [6, 6.07) is 0. The van der Waals surface area contributed by atoms with Crippen molar-refractivity contribution in [2.75, 3.05) is 39.5 Å². The molecule has 106 valence electrons. The van der Waals surface area contributed by atoms with E-state index < -0.39 is 5.60 Å². The SMILES string of the molecule is CC(C)(C)OC(=O)N1CCO[C@@H](COCCO)C1. The second-order valence-electron chi connectivity index (χ2n) is 5.22. The van der Waals surface area contributed by atoms with Gasteiger partial charge in [0.2, 0.25) is 0 Å². The molecule has 0 radical (unpaired) electrons. The van der Waals surface area contributed by atoms with E-state index in [9.17, 15) is 4.79 Å². The van der Waals surface area contributed by atoms with Gasteiger partial charge in [-0.05, 0) is 20.8 Å². The summed E-state index contributed by atoms with van der Waals surface area (Å²) < 4.78 is 16.0. The maximum absolute atomic E-state index is 11.9. The molecule has 1 amide bonds. The molecule has 0 unspecified atom stereocenters. The first-order valence-electron chi connectivity index (χ1n) is 6.20. The second kappa shape index (κ2) is 6.92. The van der Waals surface area contributed by atoms with Crippen molar-refractivity contribution in [3.8, 4) is 0 Å². The molecule has 1 aliphatic rings. The van der Waals surface area contributed by atoms with Crippen molar-refractivity contribution < 1.29 is 24.1 Å². The molecule has 0 spiro atoms. The van der Waals surface area contributed by atoms with Crippen LogP contribution in [0.2, 0.25) is 0 Å². The summed E-state index contributed by atoms with van der Waals surface area (Å²) in [5.74, 6) is 0. The Labute approximate surface area is 108 Å². The van der Waals surface area contributed by atoms with Crippen LogP contribution in [0.5, 0.6) is 0 Å². The molecule has 1 saturated heterocycles. The third kappa shape index (κ3) is 5.66. The van der Waals surface area contributed by atoms with E-state index >= 15 is 0 Å². The Morgan fingerprint density at radius 3 is 2.83 bits per heavy atom. The number of carbonyl (C=O) groups is 1. The Bertz CT molecular complexity index is 264. The van der Waals surface area contributed by atoms with Crippen LogP contribution in [-0.2, 0) is 14.2 Å². The van der Waals surface area contributed by atoms with Gasteiger partial charge in [0.15, 0.2) is 0 Å². The van der Waals surface area contributed by atoms with Crippen molar-refractivity contribution >= 4 is 6.09 Å². The summed E-state index contributed by atoms with van der Waals surface area (Å²) in [5.41, 5.74) is -0.488. The number of hydrogen-bond acceptors (Lipinski definition) is 5. The van der Waals surface area contributed by atoms with Crippen LogP contribution in [0.25, 0.3) is 0 Å². The molecule has 0 aromatic carbocycles. The molecule has 0 aromatic rings. The summed E-state index contributed by atoms with van der Waals surface area (Å²) in [5, 5.41) is 8.61. The van der Waals surface area contributed by atoms with Crippen molar-refractivity contribution in [2.24, 2.45) is 0 Å². The largest absolute Gasteiger partial charge is 0.444 e. The number of carbonyl (C=O) groups excluding carboxylic acids is 1. The van der Waals surface area contributed by atoms with E-state index in [1.807, 2.05) is 20.8 Å². The minimum atomic E-state index is -0.488. The lowest BCUT2D eigenvalue weighted by Gasteiger charge is -2.34. The van der Waals surface area contributed by atoms with Gasteiger partial charge in [0.25, 0.3) is 0 Å². The highest BCUT2D eigenvalue weighted by atomic mass is 16.6. The Hall–Kier alpha value is -0.850. The molecule has 0 aliphatic carbocycles. The van der Waals surface area contributed by atoms with Crippen LogP contribution in [0.1, 0.15) is 20.8 Å². The zero-order valence-corrected chi connectivity index (χ0v) is 11.3. The third-order valence-electron chi connectivity index (χ3n) is 2.33. The first-order chi connectivity index (χ1) is 8.42. The molecule has 0 saturated carbocycles. The third-order valence-corrected chi connectivity index (χ3v) is 2.33. The molecule has 6 heteroatoms. The van der Waals surface area contributed by atoms with Gasteiger partial charge in [-0.1, -0.05) is 0 Å². The van der Waals surface area contributed by atoms with Crippen LogP contribution in [0.15, 0.2) is 0 Å². The van der Waals surface area contributed by atoms with Gasteiger partial charge in [0.05, 0.1) is 39.1 Å². The van der Waals surface area contributed by atoms with Crippen molar-refractivity contribution in [3.05, 3.63) is 0 Å². The highest BCUT2D eigenvalue weighted by Crippen LogP contribution is 2.13. The molecule has 1 N–H and O–H groups in total. The Kier molecular flexibility index (Phi) is 5.84. The van der Waals surface area contributed by atoms with Crippen LogP contribution in [-0.4, -0.2) is 67.3 Å². The number of ether oxygens (including phenoxy) is 3. The normalized spacial score (nSPS) is 20.9. The average molecular weight is 261 g/mol. The molecular weight excluding hydrogens is 238 g/mol. The number of morpholine rings is 1. The fourth-order valence-electron chi connectivity index (χ4n) is 1.59. The molecule has 1 atom stereocenters. The van der Waals surface area contributed by atoms with Crippen LogP contribution in [0.4, 0.5) is 4.79 Å². The molecule has 0 aromatic heterocycles. The summed E-state index contributed by atoms with van der Waals surface area (Å²) in [7, 11) is 0. The number of aliphatic hydroxyl groups is 1. The van der Waals surface area contributed by atoms with Gasteiger partial charge in [0.1, 0.15) is 5.60 Å². The van der Waals surface area contributed by atoms with Crippen molar-refractivity contribution in [1.82, 2.24) is 4.90 Å². The molecule has 1 rings (SSSR count). The van der Waals surface area contributed by atoms with Gasteiger partial charge in [-0.3, -0.25) is 0 Å². The summed E-state index contributed by atoms with van der Waals surface area (Å²) in [4.78, 5) is 13.5. The second-order valence-corrected chi connectivity index (χ2v) is 5.22. The minimum absolute atomic E-state index is 0.0114. The summed E-state index contributed by atoms with van der Waals surface area (Å²) in [6.45, 7) is 7.64. The van der Waals surface area contributed by atoms with Crippen molar-refractivity contribution in [3.63, 3.8) is 0 Å². The quantitative estimate of drug-likeness (QED) is 0.752. The van der Waals surface area contributed by atoms with Gasteiger partial charge in [-0.25, -0.2) is 4.79 Å². The number of hydrogen-bond donors (Lipinski definition) is 1. The fraction of sp³-hybridized carbons (Fsp3) is 0.917. The number of nitrogens with zero attached hydrogens (tertiary/aromatic N) is 1. The zero-order valence-electron chi connectivity index (χ0n) is 11.3. The molecule has 1 aliphatic heterocycles. The van der Waals surface area contributed by atoms with Gasteiger partial charge in [-0.15, -0.1) is 0 Å². The predicted molar refractivity (Wildman–Crippen MR) is 65.5 cm³/mol. The summed E-state index contributed by atoms with van der Waals surface area (Å²) in [6.07, 6.45) is -0.476. The molecular formula is C12H23NO5. The predicted octanol–water partition coefficient (Wildman–Crippen LogP) is 0.631. The molecule has 18 heavy (non-hydrogen) atoms. The Balaban J connectivity index is 2.36. The lowest BCUT2D eigenvalue weighted by Crippen LogP contribution is -2.48. The van der Waals surface area contributed by atoms with E-state index in [1.165, 1.54) is 0 Å². The summed E-state index contributed by atoms with van der Waals surface area (Å²) >= 11 is 0. The highest BCUT2D eigenvalue weighted by molar-refractivity contribution is 5.68. The van der Waals surface area contributed by atoms with E-state index in [2.05, 4.69) is 0 Å². The zero-order chi connectivity index (χ0) is 13.6. The van der Waals surface area contributed by atoms with Gasteiger partial charge in [0, 0.05) is 6.54 Å². The smallest absolute Gasteiger partial charge is 0.410 e. The molecule has 6 nitrogen and oxygen atoms in total. The molecule has 0 bridgehead atoms. The monoisotopic (exact) mass is 261 g/mol. The number of amides is 1. The number of rotatable bonds is 4. The lowest BCUT2D eigenvalue weighted by molar-refractivity contribution is -0.0751. The van der Waals surface area contributed by atoms with E-state index in [0.717, 1.165) is 0 Å². The van der Waals surface area contributed by atoms with Gasteiger partial charge < -0.3 is 24.2 Å². The number of aliphatic hydroxyl groups excluding tert-OH is 1. The van der Waals surface area contributed by atoms with Crippen molar-refractivity contribution in [1.29, 1.82) is 0 Å². The van der Waals surface area contributed by atoms with E-state index in [0.29, 0.717) is 26.3 Å². The maximum Gasteiger partial charge on any atom is 0.410 e. The first kappa shape index (κ1) is 15.2. The average Bonchev–Trinajstić information content (AvgIpc) is 2.27. The standard InChI is InChI=1S/C12H23NO5/c1-12(2,3)18-11(15)13-4-6-17-10(8-13)9-16-7-5-14/h10,14H,4-9H2,1-3H3/t10-/m1/s1. The van der Waals surface area contributed by atoms with E-state index in [-0.39, 0.29) is 25.4 Å².